The van der Waals surface area contributed by atoms with Gasteiger partial charge in [0.1, 0.15) is 11.5 Å². The smallest absolute Gasteiger partial charge is 0.272 e. The Kier molecular flexibility index (Phi) is 3.94. The molecule has 3 heterocycles. The fourth-order valence-corrected chi connectivity index (χ4v) is 2.85. The van der Waals surface area contributed by atoms with Gasteiger partial charge in [-0.1, -0.05) is 12.1 Å². The number of hydrogen-bond donors (Lipinski definition) is 0. The highest BCUT2D eigenvalue weighted by molar-refractivity contribution is 5.84. The monoisotopic (exact) mass is 375 g/mol. The highest BCUT2D eigenvalue weighted by atomic mass is 19.4. The second-order valence-electron chi connectivity index (χ2n) is 5.88. The summed E-state index contributed by atoms with van der Waals surface area (Å²) in [6.45, 7) is 2.43. The summed E-state index contributed by atoms with van der Waals surface area (Å²) in [5.41, 5.74) is -0.406. The molecule has 1 aromatic carbocycles. The van der Waals surface area contributed by atoms with E-state index >= 15 is 0 Å². The lowest BCUT2D eigenvalue weighted by Crippen LogP contribution is -2.08. The van der Waals surface area contributed by atoms with Gasteiger partial charge in [0, 0.05) is 18.3 Å². The summed E-state index contributed by atoms with van der Waals surface area (Å²) in [6, 6.07) is 6.67. The van der Waals surface area contributed by atoms with Crippen molar-refractivity contribution in [3.63, 3.8) is 0 Å². The minimum atomic E-state index is -4.61. The number of para-hydroxylation sites is 1. The molecule has 0 spiro atoms. The zero-order chi connectivity index (χ0) is 19.2. The molecule has 4 rings (SSSR count). The molecule has 0 atom stereocenters. The summed E-state index contributed by atoms with van der Waals surface area (Å²) in [7, 11) is 0. The molecule has 9 heteroatoms. The van der Waals surface area contributed by atoms with Crippen molar-refractivity contribution in [1.29, 1.82) is 0 Å². The number of halogens is 4. The summed E-state index contributed by atoms with van der Waals surface area (Å²) in [4.78, 5) is 4.33. The molecule has 0 saturated heterocycles. The van der Waals surface area contributed by atoms with Crippen LogP contribution in [0, 0.1) is 5.82 Å². The van der Waals surface area contributed by atoms with Crippen molar-refractivity contribution in [3.05, 3.63) is 60.3 Å². The molecule has 0 bridgehead atoms. The van der Waals surface area contributed by atoms with Crippen molar-refractivity contribution in [2.24, 2.45) is 0 Å². The molecule has 138 valence electrons. The van der Waals surface area contributed by atoms with Gasteiger partial charge in [-0.2, -0.15) is 23.4 Å². The highest BCUT2D eigenvalue weighted by Crippen LogP contribution is 2.37. The second-order valence-corrected chi connectivity index (χ2v) is 5.88. The van der Waals surface area contributed by atoms with Crippen LogP contribution in [0.5, 0.6) is 0 Å². The third kappa shape index (κ3) is 2.94. The van der Waals surface area contributed by atoms with Gasteiger partial charge < -0.3 is 0 Å². The van der Waals surface area contributed by atoms with Gasteiger partial charge in [0.05, 0.1) is 29.0 Å². The van der Waals surface area contributed by atoms with Crippen molar-refractivity contribution in [2.45, 2.75) is 19.6 Å². The molecule has 0 amide bonds. The number of rotatable bonds is 3. The third-order valence-electron chi connectivity index (χ3n) is 4.18. The van der Waals surface area contributed by atoms with Crippen molar-refractivity contribution < 1.29 is 17.6 Å². The Morgan fingerprint density at radius 3 is 2.52 bits per heavy atom. The number of hydrogen-bond acceptors (Lipinski definition) is 3. The Balaban J connectivity index is 2.01. The molecular weight excluding hydrogens is 362 g/mol. The lowest BCUT2D eigenvalue weighted by atomic mass is 10.1. The van der Waals surface area contributed by atoms with Crippen LogP contribution in [0.25, 0.3) is 28.0 Å². The van der Waals surface area contributed by atoms with Crippen molar-refractivity contribution in [1.82, 2.24) is 24.5 Å². The predicted octanol–water partition coefficient (Wildman–Crippen LogP) is 4.46. The van der Waals surface area contributed by atoms with E-state index in [0.29, 0.717) is 12.1 Å². The van der Waals surface area contributed by atoms with Crippen LogP contribution in [0.3, 0.4) is 0 Å². The Labute approximate surface area is 150 Å². The number of fused-ring (bicyclic) bond motifs is 1. The Bertz CT molecular complexity index is 1130. The summed E-state index contributed by atoms with van der Waals surface area (Å²) in [5.74, 6) is -0.609. The Morgan fingerprint density at radius 1 is 1.07 bits per heavy atom. The average molecular weight is 375 g/mol. The Morgan fingerprint density at radius 2 is 1.85 bits per heavy atom. The first-order valence-corrected chi connectivity index (χ1v) is 8.12. The zero-order valence-electron chi connectivity index (χ0n) is 14.1. The van der Waals surface area contributed by atoms with Gasteiger partial charge in [0.25, 0.3) is 0 Å². The van der Waals surface area contributed by atoms with Crippen LogP contribution in [-0.4, -0.2) is 24.5 Å². The van der Waals surface area contributed by atoms with E-state index in [9.17, 15) is 17.6 Å². The molecule has 5 nitrogen and oxygen atoms in total. The van der Waals surface area contributed by atoms with E-state index in [1.807, 2.05) is 6.92 Å². The molecule has 0 N–H and O–H groups in total. The number of alkyl halides is 3. The molecule has 0 saturated carbocycles. The van der Waals surface area contributed by atoms with Gasteiger partial charge in [0.15, 0.2) is 5.65 Å². The maximum atomic E-state index is 14.2. The SMILES string of the molecule is CCn1cc(-c2cc(C(F)(F)F)c3cnn(-c4ccccc4F)c3n2)cn1. The Hall–Kier alpha value is -3.23. The van der Waals surface area contributed by atoms with E-state index in [1.165, 1.54) is 24.4 Å². The van der Waals surface area contributed by atoms with E-state index in [2.05, 4.69) is 15.2 Å². The number of aromatic nitrogens is 5. The van der Waals surface area contributed by atoms with Gasteiger partial charge in [-0.25, -0.2) is 14.1 Å². The molecule has 0 aliphatic rings. The highest BCUT2D eigenvalue weighted by Gasteiger charge is 2.35. The van der Waals surface area contributed by atoms with Crippen LogP contribution >= 0.6 is 0 Å². The molecule has 0 fully saturated rings. The van der Waals surface area contributed by atoms with E-state index in [1.54, 1.807) is 16.9 Å². The summed E-state index contributed by atoms with van der Waals surface area (Å²) in [6.07, 6.45) is -0.504. The fraction of sp³-hybridized carbons (Fsp3) is 0.167. The number of pyridine rings is 1. The summed E-state index contributed by atoms with van der Waals surface area (Å²) in [5, 5.41) is 7.83. The molecule has 0 unspecified atom stereocenters. The first-order valence-electron chi connectivity index (χ1n) is 8.12. The normalized spacial score (nSPS) is 12.0. The molecule has 3 aromatic heterocycles. The molecular formula is C18H13F4N5. The predicted molar refractivity (Wildman–Crippen MR) is 90.7 cm³/mol. The largest absolute Gasteiger partial charge is 0.417 e. The van der Waals surface area contributed by atoms with Crippen LogP contribution in [-0.2, 0) is 12.7 Å². The van der Waals surface area contributed by atoms with Crippen molar-refractivity contribution in [3.8, 4) is 16.9 Å². The molecule has 27 heavy (non-hydrogen) atoms. The molecule has 0 aliphatic carbocycles. The fourth-order valence-electron chi connectivity index (χ4n) is 2.85. The molecule has 4 aromatic rings. The van der Waals surface area contributed by atoms with Gasteiger partial charge >= 0.3 is 6.18 Å². The van der Waals surface area contributed by atoms with Gasteiger partial charge in [-0.3, -0.25) is 4.68 Å². The minimum Gasteiger partial charge on any atom is -0.272 e. The zero-order valence-corrected chi connectivity index (χ0v) is 14.1. The van der Waals surface area contributed by atoms with Gasteiger partial charge in [-0.15, -0.1) is 0 Å². The van der Waals surface area contributed by atoms with E-state index in [-0.39, 0.29) is 22.4 Å². The number of nitrogens with zero attached hydrogens (tertiary/aromatic N) is 5. The number of benzene rings is 1. The summed E-state index contributed by atoms with van der Waals surface area (Å²) >= 11 is 0. The maximum absolute atomic E-state index is 14.2. The lowest BCUT2D eigenvalue weighted by molar-refractivity contribution is -0.136. The van der Waals surface area contributed by atoms with Crippen LogP contribution in [0.4, 0.5) is 17.6 Å². The van der Waals surface area contributed by atoms with Crippen molar-refractivity contribution in [2.75, 3.05) is 0 Å². The van der Waals surface area contributed by atoms with E-state index < -0.39 is 17.6 Å². The lowest BCUT2D eigenvalue weighted by Gasteiger charge is -2.11. The first kappa shape index (κ1) is 17.2. The average Bonchev–Trinajstić information content (AvgIpc) is 3.27. The second kappa shape index (κ2) is 6.19. The van der Waals surface area contributed by atoms with Gasteiger partial charge in [-0.05, 0) is 25.1 Å². The quantitative estimate of drug-likeness (QED) is 0.497. The van der Waals surface area contributed by atoms with Crippen LogP contribution < -0.4 is 0 Å². The van der Waals surface area contributed by atoms with Gasteiger partial charge in [0.2, 0.25) is 0 Å². The molecule has 0 radical (unpaired) electrons. The van der Waals surface area contributed by atoms with E-state index in [4.69, 9.17) is 0 Å². The van der Waals surface area contributed by atoms with Crippen LogP contribution in [0.15, 0.2) is 48.9 Å². The topological polar surface area (TPSA) is 48.5 Å². The molecule has 0 aliphatic heterocycles. The van der Waals surface area contributed by atoms with Crippen LogP contribution in [0.1, 0.15) is 12.5 Å². The van der Waals surface area contributed by atoms with Crippen LogP contribution in [0.2, 0.25) is 0 Å². The first-order chi connectivity index (χ1) is 12.9. The van der Waals surface area contributed by atoms with Crippen molar-refractivity contribution >= 4 is 11.0 Å². The summed E-state index contributed by atoms with van der Waals surface area (Å²) < 4.78 is 57.7. The minimum absolute atomic E-state index is 0.0227. The van der Waals surface area contributed by atoms with E-state index in [0.717, 1.165) is 16.9 Å². The maximum Gasteiger partial charge on any atom is 0.417 e. The standard InChI is InChI=1S/C18H13F4N5/c1-2-26-10-11(8-23-26)15-7-13(18(20,21)22)12-9-24-27(17(12)25-15)16-6-4-3-5-14(16)19/h3-10H,2H2,1H3. The number of aryl methyl sites for hydroxylation is 1. The third-order valence-corrected chi connectivity index (χ3v) is 4.18.